The van der Waals surface area contributed by atoms with Gasteiger partial charge >= 0.3 is 6.03 Å². The van der Waals surface area contributed by atoms with Crippen molar-refractivity contribution in [2.75, 3.05) is 30.8 Å². The van der Waals surface area contributed by atoms with Crippen molar-refractivity contribution in [1.29, 1.82) is 0 Å². The van der Waals surface area contributed by atoms with Gasteiger partial charge in [-0.2, -0.15) is 0 Å². The Balaban J connectivity index is 1.41. The number of fused-ring (bicyclic) bond motifs is 2. The van der Waals surface area contributed by atoms with Crippen molar-refractivity contribution in [3.63, 3.8) is 0 Å². The first-order valence-corrected chi connectivity index (χ1v) is 11.9. The van der Waals surface area contributed by atoms with E-state index in [9.17, 15) is 14.4 Å². The molecule has 0 bridgehead atoms. The summed E-state index contributed by atoms with van der Waals surface area (Å²) in [5.74, 6) is 0.129. The molecule has 3 atom stereocenters. The molecular formula is C26H32N4O5. The van der Waals surface area contributed by atoms with E-state index in [1.807, 2.05) is 38.1 Å². The van der Waals surface area contributed by atoms with E-state index in [2.05, 4.69) is 16.0 Å². The molecule has 4 amide bonds. The summed E-state index contributed by atoms with van der Waals surface area (Å²) in [5, 5.41) is 8.31. The minimum Gasteiger partial charge on any atom is -0.490 e. The summed E-state index contributed by atoms with van der Waals surface area (Å²) in [6.07, 6.45) is 0.990. The number of nitrogens with zero attached hydrogens (tertiary/aromatic N) is 1. The fourth-order valence-corrected chi connectivity index (χ4v) is 4.50. The van der Waals surface area contributed by atoms with Crippen molar-refractivity contribution in [2.24, 2.45) is 0 Å². The van der Waals surface area contributed by atoms with Gasteiger partial charge in [0.25, 0.3) is 5.91 Å². The van der Waals surface area contributed by atoms with E-state index in [0.29, 0.717) is 36.4 Å². The number of benzene rings is 2. The van der Waals surface area contributed by atoms with Gasteiger partial charge in [0, 0.05) is 25.0 Å². The molecule has 2 aliphatic heterocycles. The molecule has 9 nitrogen and oxygen atoms in total. The van der Waals surface area contributed by atoms with Gasteiger partial charge in [-0.05, 0) is 57.0 Å². The maximum absolute atomic E-state index is 13.3. The highest BCUT2D eigenvalue weighted by Crippen LogP contribution is 2.32. The molecule has 0 aliphatic carbocycles. The standard InChI is InChI=1S/C26H32N4O5/c1-4-27-26(33)29-18-9-12-22-20(13-18)25(32)30(3)21-11-10-19(35-23(21)15-34-22)14-24(31)28-17-7-5-16(2)6-8-17/h5-9,12-13,19,21,23H,4,10-11,14-15H2,1-3H3,(H,28,31)(H2,27,29,33)/t19-,21+,23-/m1/s1. The van der Waals surface area contributed by atoms with Crippen molar-refractivity contribution in [3.8, 4) is 5.75 Å². The lowest BCUT2D eigenvalue weighted by atomic mass is 9.94. The lowest BCUT2D eigenvalue weighted by molar-refractivity contribution is -0.130. The molecule has 35 heavy (non-hydrogen) atoms. The Hall–Kier alpha value is -3.59. The number of nitrogens with one attached hydrogen (secondary N) is 3. The number of rotatable bonds is 5. The number of likely N-dealkylation sites (N-methyl/N-ethyl adjacent to an activating group) is 1. The van der Waals surface area contributed by atoms with Crippen LogP contribution in [-0.2, 0) is 9.53 Å². The third kappa shape index (κ3) is 5.92. The third-order valence-electron chi connectivity index (χ3n) is 6.36. The number of anilines is 2. The smallest absolute Gasteiger partial charge is 0.319 e. The first-order chi connectivity index (χ1) is 16.8. The van der Waals surface area contributed by atoms with Crippen molar-refractivity contribution in [1.82, 2.24) is 10.2 Å². The zero-order valence-electron chi connectivity index (χ0n) is 20.3. The Bertz CT molecular complexity index is 1090. The SMILES string of the molecule is CCNC(=O)Nc1ccc2c(c1)C(=O)N(C)[C@H]1CC[C@H](CC(=O)Nc3ccc(C)cc3)O[C@@H]1CO2. The highest BCUT2D eigenvalue weighted by molar-refractivity contribution is 5.99. The number of hydrogen-bond acceptors (Lipinski definition) is 5. The second-order valence-corrected chi connectivity index (χ2v) is 8.98. The number of carbonyl (C=O) groups excluding carboxylic acids is 3. The Kier molecular flexibility index (Phi) is 7.55. The van der Waals surface area contributed by atoms with E-state index in [-0.39, 0.29) is 49.1 Å². The zero-order chi connectivity index (χ0) is 24.9. The van der Waals surface area contributed by atoms with E-state index in [0.717, 1.165) is 11.3 Å². The molecule has 2 aliphatic rings. The first kappa shape index (κ1) is 24.5. The van der Waals surface area contributed by atoms with Gasteiger partial charge < -0.3 is 30.3 Å². The monoisotopic (exact) mass is 480 g/mol. The molecule has 1 saturated heterocycles. The van der Waals surface area contributed by atoms with Crippen LogP contribution >= 0.6 is 0 Å². The van der Waals surface area contributed by atoms with Gasteiger partial charge in [-0.15, -0.1) is 0 Å². The number of hydrogen-bond donors (Lipinski definition) is 3. The van der Waals surface area contributed by atoms with E-state index in [4.69, 9.17) is 9.47 Å². The summed E-state index contributed by atoms with van der Waals surface area (Å²) in [6.45, 7) is 4.58. The van der Waals surface area contributed by atoms with E-state index in [1.54, 1.807) is 30.1 Å². The Morgan fingerprint density at radius 1 is 1.06 bits per heavy atom. The third-order valence-corrected chi connectivity index (χ3v) is 6.36. The van der Waals surface area contributed by atoms with E-state index in [1.165, 1.54) is 0 Å². The average Bonchev–Trinajstić information content (AvgIpc) is 2.83. The summed E-state index contributed by atoms with van der Waals surface area (Å²) in [6, 6.07) is 12.2. The van der Waals surface area contributed by atoms with Crippen LogP contribution in [0.3, 0.4) is 0 Å². The quantitative estimate of drug-likeness (QED) is 0.607. The van der Waals surface area contributed by atoms with Crippen LogP contribution in [0.25, 0.3) is 0 Å². The van der Waals surface area contributed by atoms with Gasteiger partial charge in [0.15, 0.2) is 0 Å². The zero-order valence-corrected chi connectivity index (χ0v) is 20.3. The predicted octanol–water partition coefficient (Wildman–Crippen LogP) is 3.55. The van der Waals surface area contributed by atoms with Crippen LogP contribution in [0, 0.1) is 6.92 Å². The second kappa shape index (κ2) is 10.8. The minimum atomic E-state index is -0.351. The molecule has 2 aromatic rings. The van der Waals surface area contributed by atoms with Crippen molar-refractivity contribution in [2.45, 2.75) is 51.4 Å². The molecule has 2 aromatic carbocycles. The Morgan fingerprint density at radius 3 is 2.54 bits per heavy atom. The van der Waals surface area contributed by atoms with Gasteiger partial charge in [0.2, 0.25) is 5.91 Å². The molecule has 186 valence electrons. The Morgan fingerprint density at radius 2 is 1.80 bits per heavy atom. The average molecular weight is 481 g/mol. The van der Waals surface area contributed by atoms with Crippen molar-refractivity contribution < 1.29 is 23.9 Å². The minimum absolute atomic E-state index is 0.106. The van der Waals surface area contributed by atoms with Crippen LogP contribution < -0.4 is 20.7 Å². The fraction of sp³-hybridized carbons (Fsp3) is 0.423. The van der Waals surface area contributed by atoms with Crippen LogP contribution in [0.2, 0.25) is 0 Å². The molecule has 0 unspecified atom stereocenters. The summed E-state index contributed by atoms with van der Waals surface area (Å²) >= 11 is 0. The van der Waals surface area contributed by atoms with Gasteiger partial charge in [0.1, 0.15) is 18.5 Å². The molecule has 0 aromatic heterocycles. The van der Waals surface area contributed by atoms with Crippen LogP contribution in [0.15, 0.2) is 42.5 Å². The topological polar surface area (TPSA) is 109 Å². The number of aryl methyl sites for hydroxylation is 1. The molecule has 2 heterocycles. The highest BCUT2D eigenvalue weighted by atomic mass is 16.5. The number of carbonyl (C=O) groups is 3. The lowest BCUT2D eigenvalue weighted by Crippen LogP contribution is -2.53. The first-order valence-electron chi connectivity index (χ1n) is 11.9. The van der Waals surface area contributed by atoms with Crippen LogP contribution in [0.5, 0.6) is 5.75 Å². The summed E-state index contributed by atoms with van der Waals surface area (Å²) in [7, 11) is 1.76. The maximum atomic E-state index is 13.3. The fourth-order valence-electron chi connectivity index (χ4n) is 4.50. The van der Waals surface area contributed by atoms with E-state index < -0.39 is 0 Å². The van der Waals surface area contributed by atoms with Crippen LogP contribution in [0.4, 0.5) is 16.2 Å². The molecule has 3 N–H and O–H groups in total. The van der Waals surface area contributed by atoms with Gasteiger partial charge in [-0.1, -0.05) is 17.7 Å². The summed E-state index contributed by atoms with van der Waals surface area (Å²) < 4.78 is 12.2. The highest BCUT2D eigenvalue weighted by Gasteiger charge is 2.39. The van der Waals surface area contributed by atoms with Gasteiger partial charge in [0.05, 0.1) is 24.1 Å². The van der Waals surface area contributed by atoms with Gasteiger partial charge in [-0.25, -0.2) is 4.79 Å². The summed E-state index contributed by atoms with van der Waals surface area (Å²) in [4.78, 5) is 39.4. The maximum Gasteiger partial charge on any atom is 0.319 e. The molecule has 0 radical (unpaired) electrons. The number of urea groups is 1. The molecular weight excluding hydrogens is 448 g/mol. The number of ether oxygens (including phenoxy) is 2. The molecule has 1 fully saturated rings. The molecule has 0 spiro atoms. The van der Waals surface area contributed by atoms with Crippen LogP contribution in [-0.4, -0.2) is 61.2 Å². The molecule has 4 rings (SSSR count). The molecule has 0 saturated carbocycles. The summed E-state index contributed by atoms with van der Waals surface area (Å²) in [5.41, 5.74) is 2.78. The van der Waals surface area contributed by atoms with Crippen LogP contribution in [0.1, 0.15) is 42.1 Å². The van der Waals surface area contributed by atoms with Crippen molar-refractivity contribution in [3.05, 3.63) is 53.6 Å². The largest absolute Gasteiger partial charge is 0.490 e. The lowest BCUT2D eigenvalue weighted by Gasteiger charge is -2.42. The normalized spacial score (nSPS) is 21.5. The Labute approximate surface area is 205 Å². The molecule has 9 heteroatoms. The second-order valence-electron chi connectivity index (χ2n) is 8.98. The predicted molar refractivity (Wildman–Crippen MR) is 133 cm³/mol. The van der Waals surface area contributed by atoms with Gasteiger partial charge in [-0.3, -0.25) is 9.59 Å². The van der Waals surface area contributed by atoms with Crippen molar-refractivity contribution >= 4 is 29.2 Å². The van der Waals surface area contributed by atoms with E-state index >= 15 is 0 Å². The number of amides is 4.